The number of imide groups is 1. The number of fused-ring (bicyclic) bond motifs is 1. The molecule has 0 saturated carbocycles. The van der Waals surface area contributed by atoms with Crippen molar-refractivity contribution in [3.05, 3.63) is 24.4 Å². The maximum absolute atomic E-state index is 12.1. The third-order valence-electron chi connectivity index (χ3n) is 4.44. The summed E-state index contributed by atoms with van der Waals surface area (Å²) in [5.41, 5.74) is 0.597. The molecule has 132 valence electrons. The summed E-state index contributed by atoms with van der Waals surface area (Å²) in [4.78, 5) is 35.4. The molecule has 1 fully saturated rings. The molecule has 7 heteroatoms. The highest BCUT2D eigenvalue weighted by Crippen LogP contribution is 2.36. The molecule has 0 radical (unpaired) electrons. The van der Waals surface area contributed by atoms with E-state index in [0.717, 1.165) is 12.8 Å². The Balaban J connectivity index is 1.93. The number of anilines is 1. The molecule has 1 unspecified atom stereocenters. The first-order chi connectivity index (χ1) is 12.0. The largest absolute Gasteiger partial charge is 0.494 e. The van der Waals surface area contributed by atoms with Gasteiger partial charge in [0, 0.05) is 29.8 Å². The highest BCUT2D eigenvalue weighted by molar-refractivity contribution is 6.05. The highest BCUT2D eigenvalue weighted by atomic mass is 16.3. The zero-order chi connectivity index (χ0) is 18.0. The second-order valence-corrected chi connectivity index (χ2v) is 6.25. The Morgan fingerprint density at radius 1 is 1.36 bits per heavy atom. The zero-order valence-corrected chi connectivity index (χ0v) is 14.0. The topological polar surface area (TPSA) is 100 Å². The lowest BCUT2D eigenvalue weighted by molar-refractivity contribution is -0.135. The van der Waals surface area contributed by atoms with Crippen molar-refractivity contribution in [2.45, 2.75) is 45.1 Å². The van der Waals surface area contributed by atoms with E-state index in [1.54, 1.807) is 24.4 Å². The summed E-state index contributed by atoms with van der Waals surface area (Å²) in [7, 11) is 0. The molecular formula is C18H21N3O4. The molecule has 7 nitrogen and oxygen atoms in total. The normalized spacial score (nSPS) is 17.6. The lowest BCUT2D eigenvalue weighted by Crippen LogP contribution is -2.41. The number of hydrogen-bond donors (Lipinski definition) is 3. The van der Waals surface area contributed by atoms with Crippen LogP contribution in [0.4, 0.5) is 5.69 Å². The summed E-state index contributed by atoms with van der Waals surface area (Å²) < 4.78 is 1.47. The van der Waals surface area contributed by atoms with Crippen molar-refractivity contribution in [2.75, 3.05) is 5.32 Å². The maximum Gasteiger partial charge on any atom is 0.249 e. The predicted molar refractivity (Wildman–Crippen MR) is 93.2 cm³/mol. The van der Waals surface area contributed by atoms with Crippen LogP contribution in [0.25, 0.3) is 10.8 Å². The van der Waals surface area contributed by atoms with Crippen molar-refractivity contribution in [1.29, 1.82) is 0 Å². The fourth-order valence-electron chi connectivity index (χ4n) is 3.08. The van der Waals surface area contributed by atoms with Gasteiger partial charge in [0.25, 0.3) is 0 Å². The van der Waals surface area contributed by atoms with Crippen LogP contribution in [0.15, 0.2) is 24.4 Å². The minimum Gasteiger partial charge on any atom is -0.494 e. The smallest absolute Gasteiger partial charge is 0.249 e. The van der Waals surface area contributed by atoms with Gasteiger partial charge in [-0.15, -0.1) is 0 Å². The average Bonchev–Trinajstić information content (AvgIpc) is 2.91. The van der Waals surface area contributed by atoms with Gasteiger partial charge < -0.3 is 15.0 Å². The number of nitrogens with zero attached hydrogens (tertiary/aromatic N) is 1. The fourth-order valence-corrected chi connectivity index (χ4v) is 3.08. The molecule has 0 spiro atoms. The van der Waals surface area contributed by atoms with Crippen LogP contribution in [0.3, 0.4) is 0 Å². The first-order valence-electron chi connectivity index (χ1n) is 8.47. The molecule has 1 aliphatic heterocycles. The number of carbonyl (C=O) groups is 3. The third-order valence-corrected chi connectivity index (χ3v) is 4.44. The van der Waals surface area contributed by atoms with E-state index in [0.29, 0.717) is 29.3 Å². The Hall–Kier alpha value is -2.83. The van der Waals surface area contributed by atoms with Gasteiger partial charge in [0.2, 0.25) is 17.7 Å². The molecule has 2 heterocycles. The van der Waals surface area contributed by atoms with E-state index in [1.807, 2.05) is 6.92 Å². The number of unbranched alkanes of at least 4 members (excludes halogenated alkanes) is 1. The number of benzene rings is 1. The molecule has 0 bridgehead atoms. The number of aromatic nitrogens is 1. The number of carbonyl (C=O) groups excluding carboxylic acids is 3. The van der Waals surface area contributed by atoms with Crippen LogP contribution in [0.2, 0.25) is 0 Å². The zero-order valence-electron chi connectivity index (χ0n) is 14.0. The van der Waals surface area contributed by atoms with E-state index in [4.69, 9.17) is 0 Å². The lowest BCUT2D eigenvalue weighted by Gasteiger charge is -2.22. The summed E-state index contributed by atoms with van der Waals surface area (Å²) in [5, 5.41) is 16.9. The molecule has 0 aliphatic carbocycles. The number of nitrogens with one attached hydrogen (secondary N) is 2. The van der Waals surface area contributed by atoms with Gasteiger partial charge in [0.05, 0.1) is 5.69 Å². The van der Waals surface area contributed by atoms with Crippen molar-refractivity contribution in [1.82, 2.24) is 9.88 Å². The van der Waals surface area contributed by atoms with Gasteiger partial charge in [-0.05, 0) is 25.0 Å². The number of rotatable bonds is 5. The predicted octanol–water partition coefficient (Wildman–Crippen LogP) is 2.45. The fraction of sp³-hybridized carbons (Fsp3) is 0.389. The highest BCUT2D eigenvalue weighted by Gasteiger charge is 2.30. The average molecular weight is 343 g/mol. The van der Waals surface area contributed by atoms with Gasteiger partial charge >= 0.3 is 0 Å². The van der Waals surface area contributed by atoms with Crippen LogP contribution in [-0.4, -0.2) is 27.4 Å². The van der Waals surface area contributed by atoms with E-state index >= 15 is 0 Å². The monoisotopic (exact) mass is 343 g/mol. The molecule has 1 aromatic heterocycles. The maximum atomic E-state index is 12.1. The van der Waals surface area contributed by atoms with Crippen molar-refractivity contribution in [3.63, 3.8) is 0 Å². The van der Waals surface area contributed by atoms with Crippen LogP contribution in [0.5, 0.6) is 5.88 Å². The van der Waals surface area contributed by atoms with Crippen LogP contribution < -0.4 is 10.6 Å². The van der Waals surface area contributed by atoms with E-state index in [1.165, 1.54) is 4.57 Å². The number of amides is 3. The number of piperidine rings is 1. The third kappa shape index (κ3) is 3.35. The molecule has 3 N–H and O–H groups in total. The van der Waals surface area contributed by atoms with Crippen molar-refractivity contribution < 1.29 is 19.5 Å². The standard InChI is InChI=1S/C18H21N3O4/c1-2-3-7-15(22)19-13-6-4-5-11-12(13)10-21(18(11)25)14-8-9-16(23)20-17(14)24/h4-6,10,14,25H,2-3,7-9H2,1H3,(H,19,22)(H,20,23,24). The van der Waals surface area contributed by atoms with E-state index in [2.05, 4.69) is 10.6 Å². The van der Waals surface area contributed by atoms with Gasteiger partial charge in [0.1, 0.15) is 6.04 Å². The van der Waals surface area contributed by atoms with E-state index in [-0.39, 0.29) is 24.1 Å². The van der Waals surface area contributed by atoms with E-state index < -0.39 is 11.9 Å². The Morgan fingerprint density at radius 3 is 2.88 bits per heavy atom. The Morgan fingerprint density at radius 2 is 2.16 bits per heavy atom. The number of hydrogen-bond acceptors (Lipinski definition) is 4. The molecule has 3 amide bonds. The molecule has 1 aliphatic rings. The van der Waals surface area contributed by atoms with Crippen LogP contribution in [0, 0.1) is 0 Å². The molecule has 2 aromatic rings. The molecule has 1 saturated heterocycles. The molecule has 3 rings (SSSR count). The quantitative estimate of drug-likeness (QED) is 0.726. The Bertz CT molecular complexity index is 840. The van der Waals surface area contributed by atoms with Crippen molar-refractivity contribution >= 4 is 34.2 Å². The molecule has 1 atom stereocenters. The molecule has 25 heavy (non-hydrogen) atoms. The van der Waals surface area contributed by atoms with Crippen LogP contribution >= 0.6 is 0 Å². The van der Waals surface area contributed by atoms with E-state index in [9.17, 15) is 19.5 Å². The van der Waals surface area contributed by atoms with Gasteiger partial charge in [0.15, 0.2) is 5.88 Å². The second-order valence-electron chi connectivity index (χ2n) is 6.25. The van der Waals surface area contributed by atoms with Gasteiger partial charge in [-0.3, -0.25) is 19.7 Å². The summed E-state index contributed by atoms with van der Waals surface area (Å²) in [5.74, 6) is -0.863. The first-order valence-corrected chi connectivity index (χ1v) is 8.47. The van der Waals surface area contributed by atoms with Gasteiger partial charge in [-0.1, -0.05) is 19.4 Å². The van der Waals surface area contributed by atoms with Crippen molar-refractivity contribution in [2.24, 2.45) is 0 Å². The minimum absolute atomic E-state index is 0.0471. The van der Waals surface area contributed by atoms with Gasteiger partial charge in [-0.2, -0.15) is 0 Å². The summed E-state index contributed by atoms with van der Waals surface area (Å²) in [6, 6.07) is 4.59. The number of aromatic hydroxyl groups is 1. The second kappa shape index (κ2) is 6.96. The van der Waals surface area contributed by atoms with Gasteiger partial charge in [-0.25, -0.2) is 0 Å². The SMILES string of the molecule is CCCCC(=O)Nc1cccc2c(O)n(C3CCC(=O)NC3=O)cc12. The first kappa shape index (κ1) is 17.0. The Labute approximate surface area is 145 Å². The minimum atomic E-state index is -0.645. The summed E-state index contributed by atoms with van der Waals surface area (Å²) in [6.07, 6.45) is 4.39. The summed E-state index contributed by atoms with van der Waals surface area (Å²) >= 11 is 0. The molecule has 1 aromatic carbocycles. The summed E-state index contributed by atoms with van der Waals surface area (Å²) in [6.45, 7) is 2.02. The van der Waals surface area contributed by atoms with Crippen LogP contribution in [0.1, 0.15) is 45.1 Å². The lowest BCUT2D eigenvalue weighted by atomic mass is 10.1. The van der Waals surface area contributed by atoms with Crippen molar-refractivity contribution in [3.8, 4) is 5.88 Å². The Kier molecular flexibility index (Phi) is 4.74. The van der Waals surface area contributed by atoms with Crippen LogP contribution in [-0.2, 0) is 14.4 Å². The molecular weight excluding hydrogens is 322 g/mol.